The molecule has 0 bridgehead atoms. The molecule has 0 aliphatic rings. The Kier molecular flexibility index (Phi) is 4.01. The highest BCUT2D eigenvalue weighted by Crippen LogP contribution is 2.23. The molecular weight excluding hydrogens is 250 g/mol. The summed E-state index contributed by atoms with van der Waals surface area (Å²) in [5, 5.41) is 14.5. The molecule has 0 unspecified atom stereocenters. The molecule has 2 N–H and O–H groups in total. The second-order valence-electron chi connectivity index (χ2n) is 3.78. The van der Waals surface area contributed by atoms with Gasteiger partial charge in [0.05, 0.1) is 6.20 Å². The molecule has 0 radical (unpaired) electrons. The second kappa shape index (κ2) is 5.70. The molecule has 0 aromatic carbocycles. The van der Waals surface area contributed by atoms with Crippen LogP contribution in [0.25, 0.3) is 0 Å². The molecule has 1 atom stereocenters. The maximum atomic E-state index is 11.7. The Hall–Kier alpha value is -1.79. The molecule has 18 heavy (non-hydrogen) atoms. The van der Waals surface area contributed by atoms with E-state index in [1.807, 2.05) is 18.4 Å². The summed E-state index contributed by atoms with van der Waals surface area (Å²) < 4.78 is 0. The van der Waals surface area contributed by atoms with Gasteiger partial charge >= 0.3 is 0 Å². The Labute approximate surface area is 109 Å². The zero-order valence-corrected chi connectivity index (χ0v) is 10.6. The van der Waals surface area contributed by atoms with E-state index in [1.165, 1.54) is 29.9 Å². The summed E-state index contributed by atoms with van der Waals surface area (Å²) in [7, 11) is 0. The quantitative estimate of drug-likeness (QED) is 0.872. The van der Waals surface area contributed by atoms with Crippen molar-refractivity contribution < 1.29 is 9.90 Å². The van der Waals surface area contributed by atoms with Crippen molar-refractivity contribution in [3.8, 4) is 0 Å². The maximum absolute atomic E-state index is 11.7. The molecule has 0 saturated carbocycles. The minimum Gasteiger partial charge on any atom is -0.386 e. The predicted molar refractivity (Wildman–Crippen MR) is 68.4 cm³/mol. The zero-order chi connectivity index (χ0) is 13.0. The van der Waals surface area contributed by atoms with Crippen molar-refractivity contribution in [2.75, 3.05) is 6.54 Å². The number of rotatable bonds is 4. The third kappa shape index (κ3) is 2.91. The fraction of sp³-hybridized carbons (Fsp3) is 0.250. The van der Waals surface area contributed by atoms with Crippen LogP contribution in [0, 0.1) is 6.92 Å². The van der Waals surface area contributed by atoms with Gasteiger partial charge in [0.15, 0.2) is 0 Å². The molecule has 6 heteroatoms. The third-order valence-electron chi connectivity index (χ3n) is 2.46. The van der Waals surface area contributed by atoms with Gasteiger partial charge in [0.2, 0.25) is 0 Å². The number of aromatic nitrogens is 2. The lowest BCUT2D eigenvalue weighted by molar-refractivity contribution is 0.0912. The Balaban J connectivity index is 1.93. The van der Waals surface area contributed by atoms with Gasteiger partial charge in [0, 0.05) is 23.8 Å². The van der Waals surface area contributed by atoms with Crippen LogP contribution in [0.1, 0.15) is 27.0 Å². The van der Waals surface area contributed by atoms with Crippen LogP contribution in [0.4, 0.5) is 0 Å². The number of aliphatic hydroxyl groups excluding tert-OH is 1. The van der Waals surface area contributed by atoms with Crippen LogP contribution in [-0.2, 0) is 0 Å². The van der Waals surface area contributed by atoms with Crippen LogP contribution in [-0.4, -0.2) is 27.5 Å². The van der Waals surface area contributed by atoms with Gasteiger partial charge in [0.1, 0.15) is 11.8 Å². The molecule has 0 saturated heterocycles. The topological polar surface area (TPSA) is 75.1 Å². The molecule has 0 aliphatic heterocycles. The zero-order valence-electron chi connectivity index (χ0n) is 9.83. The standard InChI is InChI=1S/C12H13N3O2S/c1-8-2-5-18-11(8)10(16)7-15-12(17)9-6-13-3-4-14-9/h2-6,10,16H,7H2,1H3,(H,15,17)/t10-/m0/s1. The van der Waals surface area contributed by atoms with E-state index in [9.17, 15) is 9.90 Å². The van der Waals surface area contributed by atoms with Crippen LogP contribution in [0.5, 0.6) is 0 Å². The molecule has 2 rings (SSSR count). The summed E-state index contributed by atoms with van der Waals surface area (Å²) >= 11 is 1.48. The van der Waals surface area contributed by atoms with Crippen LogP contribution in [0.3, 0.4) is 0 Å². The molecule has 2 aromatic rings. The van der Waals surface area contributed by atoms with E-state index in [-0.39, 0.29) is 18.1 Å². The summed E-state index contributed by atoms with van der Waals surface area (Å²) in [6.45, 7) is 2.09. The number of carbonyl (C=O) groups excluding carboxylic acids is 1. The average molecular weight is 263 g/mol. The average Bonchev–Trinajstić information content (AvgIpc) is 2.83. The number of nitrogens with one attached hydrogen (secondary N) is 1. The first-order valence-corrected chi connectivity index (χ1v) is 6.32. The van der Waals surface area contributed by atoms with E-state index in [1.54, 1.807) is 0 Å². The van der Waals surface area contributed by atoms with Gasteiger partial charge in [0.25, 0.3) is 5.91 Å². The molecule has 0 spiro atoms. The minimum atomic E-state index is -0.689. The monoisotopic (exact) mass is 263 g/mol. The van der Waals surface area contributed by atoms with E-state index < -0.39 is 6.10 Å². The molecule has 0 fully saturated rings. The maximum Gasteiger partial charge on any atom is 0.271 e. The predicted octanol–water partition coefficient (Wildman–Crippen LogP) is 1.31. The van der Waals surface area contributed by atoms with Gasteiger partial charge in [-0.05, 0) is 23.9 Å². The Morgan fingerprint density at radius 3 is 3.00 bits per heavy atom. The number of hydrogen-bond acceptors (Lipinski definition) is 5. The number of amides is 1. The summed E-state index contributed by atoms with van der Waals surface area (Å²) in [4.78, 5) is 20.2. The molecule has 2 heterocycles. The summed E-state index contributed by atoms with van der Waals surface area (Å²) in [5.41, 5.74) is 1.27. The first kappa shape index (κ1) is 12.7. The van der Waals surface area contributed by atoms with Gasteiger partial charge in [-0.25, -0.2) is 4.98 Å². The van der Waals surface area contributed by atoms with Crippen molar-refractivity contribution in [1.29, 1.82) is 0 Å². The fourth-order valence-electron chi connectivity index (χ4n) is 1.51. The first-order chi connectivity index (χ1) is 8.68. The lowest BCUT2D eigenvalue weighted by Crippen LogP contribution is -2.29. The van der Waals surface area contributed by atoms with E-state index in [0.717, 1.165) is 10.4 Å². The molecule has 94 valence electrons. The van der Waals surface area contributed by atoms with Crippen molar-refractivity contribution in [2.24, 2.45) is 0 Å². The van der Waals surface area contributed by atoms with Gasteiger partial charge < -0.3 is 10.4 Å². The molecule has 0 aliphatic carbocycles. The van der Waals surface area contributed by atoms with E-state index >= 15 is 0 Å². The van der Waals surface area contributed by atoms with E-state index in [0.29, 0.717) is 0 Å². The van der Waals surface area contributed by atoms with Crippen molar-refractivity contribution in [3.63, 3.8) is 0 Å². The van der Waals surface area contributed by atoms with Crippen LogP contribution >= 0.6 is 11.3 Å². The van der Waals surface area contributed by atoms with Crippen LogP contribution in [0.15, 0.2) is 30.0 Å². The van der Waals surface area contributed by atoms with Gasteiger partial charge in [-0.2, -0.15) is 0 Å². The van der Waals surface area contributed by atoms with E-state index in [2.05, 4.69) is 15.3 Å². The second-order valence-corrected chi connectivity index (χ2v) is 4.73. The van der Waals surface area contributed by atoms with Crippen molar-refractivity contribution in [3.05, 3.63) is 46.2 Å². The Morgan fingerprint density at radius 1 is 1.56 bits per heavy atom. The Bertz CT molecular complexity index is 527. The number of nitrogens with zero attached hydrogens (tertiary/aromatic N) is 2. The van der Waals surface area contributed by atoms with E-state index in [4.69, 9.17) is 0 Å². The molecule has 5 nitrogen and oxygen atoms in total. The summed E-state index contributed by atoms with van der Waals surface area (Å²) in [6.07, 6.45) is 3.65. The number of aryl methyl sites for hydroxylation is 1. The Morgan fingerprint density at radius 2 is 2.39 bits per heavy atom. The molecule has 1 amide bonds. The highest BCUT2D eigenvalue weighted by molar-refractivity contribution is 7.10. The number of thiophene rings is 1. The molecule has 2 aromatic heterocycles. The van der Waals surface area contributed by atoms with Gasteiger partial charge in [-0.15, -0.1) is 11.3 Å². The summed E-state index contributed by atoms with van der Waals surface area (Å²) in [6, 6.07) is 1.94. The van der Waals surface area contributed by atoms with Crippen molar-refractivity contribution in [1.82, 2.24) is 15.3 Å². The highest BCUT2D eigenvalue weighted by atomic mass is 32.1. The van der Waals surface area contributed by atoms with Gasteiger partial charge in [-0.3, -0.25) is 9.78 Å². The highest BCUT2D eigenvalue weighted by Gasteiger charge is 2.14. The van der Waals surface area contributed by atoms with Crippen LogP contribution < -0.4 is 5.32 Å². The lowest BCUT2D eigenvalue weighted by Gasteiger charge is -2.11. The largest absolute Gasteiger partial charge is 0.386 e. The van der Waals surface area contributed by atoms with Crippen LogP contribution in [0.2, 0.25) is 0 Å². The number of carbonyl (C=O) groups is 1. The number of aliphatic hydroxyl groups is 1. The number of hydrogen-bond donors (Lipinski definition) is 2. The van der Waals surface area contributed by atoms with Crippen molar-refractivity contribution >= 4 is 17.2 Å². The minimum absolute atomic E-state index is 0.163. The lowest BCUT2D eigenvalue weighted by atomic mass is 10.2. The first-order valence-electron chi connectivity index (χ1n) is 5.44. The van der Waals surface area contributed by atoms with Gasteiger partial charge in [-0.1, -0.05) is 0 Å². The normalized spacial score (nSPS) is 12.1. The smallest absolute Gasteiger partial charge is 0.271 e. The summed E-state index contributed by atoms with van der Waals surface area (Å²) in [5.74, 6) is -0.337. The van der Waals surface area contributed by atoms with Crippen molar-refractivity contribution in [2.45, 2.75) is 13.0 Å². The molecular formula is C12H13N3O2S. The third-order valence-corrected chi connectivity index (χ3v) is 3.58. The fourth-order valence-corrected chi connectivity index (χ4v) is 2.43. The SMILES string of the molecule is Cc1ccsc1[C@@H](O)CNC(=O)c1cnccn1.